The fraction of sp³-hybridized carbons (Fsp3) is 0.200. The van der Waals surface area contributed by atoms with Gasteiger partial charge in [-0.15, -0.1) is 0 Å². The summed E-state index contributed by atoms with van der Waals surface area (Å²) in [6.07, 6.45) is 0. The summed E-state index contributed by atoms with van der Waals surface area (Å²) < 4.78 is 13.0. The standard InChI is InChI=1S/C15H16FN/c1-11-5-3-6-13(9-11)12(2)17-15-8-4-7-14(16)10-15/h3-10,12,17H,1-2H3. The Morgan fingerprint density at radius 3 is 2.53 bits per heavy atom. The lowest BCUT2D eigenvalue weighted by atomic mass is 10.1. The summed E-state index contributed by atoms with van der Waals surface area (Å²) in [6.45, 7) is 4.14. The molecule has 1 nitrogen and oxygen atoms in total. The molecular formula is C15H16FN. The number of hydrogen-bond acceptors (Lipinski definition) is 1. The van der Waals surface area contributed by atoms with Crippen LogP contribution in [-0.2, 0) is 0 Å². The van der Waals surface area contributed by atoms with E-state index >= 15 is 0 Å². The molecule has 0 aliphatic carbocycles. The maximum atomic E-state index is 13.0. The lowest BCUT2D eigenvalue weighted by Gasteiger charge is -2.16. The van der Waals surface area contributed by atoms with Gasteiger partial charge in [-0.2, -0.15) is 0 Å². The molecule has 0 bridgehead atoms. The van der Waals surface area contributed by atoms with Crippen molar-refractivity contribution in [2.24, 2.45) is 0 Å². The van der Waals surface area contributed by atoms with Crippen molar-refractivity contribution in [2.45, 2.75) is 19.9 Å². The number of nitrogens with one attached hydrogen (secondary N) is 1. The molecule has 0 aliphatic heterocycles. The van der Waals surface area contributed by atoms with Gasteiger partial charge in [0.1, 0.15) is 5.82 Å². The van der Waals surface area contributed by atoms with Crippen LogP contribution in [-0.4, -0.2) is 0 Å². The van der Waals surface area contributed by atoms with Gasteiger partial charge in [-0.25, -0.2) is 4.39 Å². The third-order valence-electron chi connectivity index (χ3n) is 2.75. The van der Waals surface area contributed by atoms with E-state index in [1.807, 2.05) is 12.1 Å². The lowest BCUT2D eigenvalue weighted by Crippen LogP contribution is -2.06. The number of anilines is 1. The molecule has 1 atom stereocenters. The normalized spacial score (nSPS) is 12.2. The fourth-order valence-electron chi connectivity index (χ4n) is 1.85. The van der Waals surface area contributed by atoms with Gasteiger partial charge in [0.05, 0.1) is 0 Å². The fourth-order valence-corrected chi connectivity index (χ4v) is 1.85. The molecule has 0 heterocycles. The quantitative estimate of drug-likeness (QED) is 0.827. The maximum Gasteiger partial charge on any atom is 0.125 e. The smallest absolute Gasteiger partial charge is 0.125 e. The zero-order valence-electron chi connectivity index (χ0n) is 10.1. The number of benzene rings is 2. The maximum absolute atomic E-state index is 13.0. The highest BCUT2D eigenvalue weighted by molar-refractivity contribution is 5.45. The van der Waals surface area contributed by atoms with Crippen molar-refractivity contribution in [3.05, 3.63) is 65.5 Å². The SMILES string of the molecule is Cc1cccc(C(C)Nc2cccc(F)c2)c1. The Morgan fingerprint density at radius 2 is 1.82 bits per heavy atom. The summed E-state index contributed by atoms with van der Waals surface area (Å²) in [7, 11) is 0. The van der Waals surface area contributed by atoms with Crippen LogP contribution < -0.4 is 5.32 Å². The van der Waals surface area contributed by atoms with Crippen LogP contribution in [0, 0.1) is 12.7 Å². The van der Waals surface area contributed by atoms with Gasteiger partial charge in [-0.3, -0.25) is 0 Å². The van der Waals surface area contributed by atoms with Crippen molar-refractivity contribution in [3.8, 4) is 0 Å². The lowest BCUT2D eigenvalue weighted by molar-refractivity contribution is 0.628. The van der Waals surface area contributed by atoms with E-state index in [9.17, 15) is 4.39 Å². The van der Waals surface area contributed by atoms with Crippen LogP contribution in [0.1, 0.15) is 24.1 Å². The topological polar surface area (TPSA) is 12.0 Å². The number of halogens is 1. The van der Waals surface area contributed by atoms with Crippen LogP contribution in [0.5, 0.6) is 0 Å². The second-order valence-corrected chi connectivity index (χ2v) is 4.29. The van der Waals surface area contributed by atoms with Crippen LogP contribution >= 0.6 is 0 Å². The molecule has 1 unspecified atom stereocenters. The Bertz CT molecular complexity index is 508. The third kappa shape index (κ3) is 3.06. The Kier molecular flexibility index (Phi) is 3.43. The Balaban J connectivity index is 2.14. The van der Waals surface area contributed by atoms with Gasteiger partial charge in [-0.1, -0.05) is 35.9 Å². The molecule has 2 heteroatoms. The van der Waals surface area contributed by atoms with Gasteiger partial charge in [-0.05, 0) is 37.6 Å². The number of rotatable bonds is 3. The van der Waals surface area contributed by atoms with Crippen molar-refractivity contribution in [3.63, 3.8) is 0 Å². The van der Waals surface area contributed by atoms with E-state index in [0.717, 1.165) is 5.69 Å². The molecule has 0 fully saturated rings. The average Bonchev–Trinajstić information content (AvgIpc) is 2.29. The molecule has 2 rings (SSSR count). The van der Waals surface area contributed by atoms with Crippen LogP contribution in [0.15, 0.2) is 48.5 Å². The number of hydrogen-bond donors (Lipinski definition) is 1. The van der Waals surface area contributed by atoms with Crippen molar-refractivity contribution in [1.29, 1.82) is 0 Å². The molecule has 1 N–H and O–H groups in total. The van der Waals surface area contributed by atoms with E-state index in [-0.39, 0.29) is 11.9 Å². The summed E-state index contributed by atoms with van der Waals surface area (Å²) in [5.41, 5.74) is 3.24. The van der Waals surface area contributed by atoms with Crippen molar-refractivity contribution in [1.82, 2.24) is 0 Å². The van der Waals surface area contributed by atoms with Crippen molar-refractivity contribution < 1.29 is 4.39 Å². The van der Waals surface area contributed by atoms with E-state index < -0.39 is 0 Å². The van der Waals surface area contributed by atoms with Gasteiger partial charge >= 0.3 is 0 Å². The molecule has 0 amide bonds. The monoisotopic (exact) mass is 229 g/mol. The van der Waals surface area contributed by atoms with Gasteiger partial charge in [0, 0.05) is 11.7 Å². The zero-order valence-corrected chi connectivity index (χ0v) is 10.1. The summed E-state index contributed by atoms with van der Waals surface area (Å²) >= 11 is 0. The molecule has 2 aromatic rings. The zero-order chi connectivity index (χ0) is 12.3. The van der Waals surface area contributed by atoms with Gasteiger partial charge in [0.25, 0.3) is 0 Å². The van der Waals surface area contributed by atoms with E-state index in [4.69, 9.17) is 0 Å². The van der Waals surface area contributed by atoms with Gasteiger partial charge in [0.15, 0.2) is 0 Å². The van der Waals surface area contributed by atoms with E-state index in [0.29, 0.717) is 0 Å². The van der Waals surface area contributed by atoms with E-state index in [2.05, 4.69) is 37.4 Å². The van der Waals surface area contributed by atoms with Crippen molar-refractivity contribution >= 4 is 5.69 Å². The molecule has 0 aliphatic rings. The average molecular weight is 229 g/mol. The summed E-state index contributed by atoms with van der Waals surface area (Å²) in [4.78, 5) is 0. The van der Waals surface area contributed by atoms with Crippen LogP contribution in [0.25, 0.3) is 0 Å². The minimum Gasteiger partial charge on any atom is -0.378 e. The highest BCUT2D eigenvalue weighted by Gasteiger charge is 2.05. The summed E-state index contributed by atoms with van der Waals surface area (Å²) in [6, 6.07) is 15.0. The van der Waals surface area contributed by atoms with Gasteiger partial charge in [0.2, 0.25) is 0 Å². The highest BCUT2D eigenvalue weighted by atomic mass is 19.1. The molecular weight excluding hydrogens is 213 g/mol. The largest absolute Gasteiger partial charge is 0.378 e. The molecule has 0 aromatic heterocycles. The highest BCUT2D eigenvalue weighted by Crippen LogP contribution is 2.20. The van der Waals surface area contributed by atoms with Crippen molar-refractivity contribution in [2.75, 3.05) is 5.32 Å². The molecule has 0 saturated carbocycles. The third-order valence-corrected chi connectivity index (χ3v) is 2.75. The molecule has 0 radical (unpaired) electrons. The Hall–Kier alpha value is -1.83. The molecule has 0 saturated heterocycles. The van der Waals surface area contributed by atoms with Gasteiger partial charge < -0.3 is 5.32 Å². The molecule has 17 heavy (non-hydrogen) atoms. The Labute approximate surface area is 101 Å². The minimum absolute atomic E-state index is 0.164. The van der Waals surface area contributed by atoms with E-state index in [1.54, 1.807) is 6.07 Å². The first-order valence-electron chi connectivity index (χ1n) is 5.74. The predicted molar refractivity (Wildman–Crippen MR) is 69.6 cm³/mol. The first-order chi connectivity index (χ1) is 8.15. The summed E-state index contributed by atoms with van der Waals surface area (Å²) in [5, 5.41) is 3.29. The Morgan fingerprint density at radius 1 is 1.06 bits per heavy atom. The molecule has 0 spiro atoms. The van der Waals surface area contributed by atoms with Crippen LogP contribution in [0.3, 0.4) is 0 Å². The first kappa shape index (κ1) is 11.6. The predicted octanol–water partition coefficient (Wildman–Crippen LogP) is 4.31. The molecule has 2 aromatic carbocycles. The van der Waals surface area contributed by atoms with E-state index in [1.165, 1.54) is 23.3 Å². The second kappa shape index (κ2) is 5.00. The first-order valence-corrected chi connectivity index (χ1v) is 5.74. The van der Waals surface area contributed by atoms with Crippen LogP contribution in [0.4, 0.5) is 10.1 Å². The van der Waals surface area contributed by atoms with Crippen LogP contribution in [0.2, 0.25) is 0 Å². The molecule has 88 valence electrons. The number of aryl methyl sites for hydroxylation is 1. The minimum atomic E-state index is -0.216. The second-order valence-electron chi connectivity index (χ2n) is 4.29. The summed E-state index contributed by atoms with van der Waals surface area (Å²) in [5.74, 6) is -0.216.